The SMILES string of the molecule is CCOc1ccc(S(=O)(=O)N2CCN(c3cc(-n4cnc(C)c4C)nc(C)n3)CC2)cc1C. The molecule has 0 atom stereocenters. The first-order valence-corrected chi connectivity index (χ1v) is 12.5. The quantitative estimate of drug-likeness (QED) is 0.547. The maximum atomic E-state index is 13.2. The van der Waals surface area contributed by atoms with E-state index in [9.17, 15) is 8.42 Å². The number of anilines is 1. The van der Waals surface area contributed by atoms with E-state index in [1.807, 2.05) is 45.3 Å². The number of hydrogen-bond acceptors (Lipinski definition) is 7. The van der Waals surface area contributed by atoms with E-state index < -0.39 is 10.0 Å². The Bertz CT molecular complexity index is 1260. The third-order valence-electron chi connectivity index (χ3n) is 5.96. The Morgan fingerprint density at radius 2 is 1.67 bits per heavy atom. The molecule has 9 nitrogen and oxygen atoms in total. The Hall–Kier alpha value is -2.98. The first-order valence-electron chi connectivity index (χ1n) is 11.1. The maximum Gasteiger partial charge on any atom is 0.243 e. The second-order valence-electron chi connectivity index (χ2n) is 8.17. The lowest BCUT2D eigenvalue weighted by Crippen LogP contribution is -2.49. The van der Waals surface area contributed by atoms with Crippen LogP contribution in [0, 0.1) is 27.7 Å². The van der Waals surface area contributed by atoms with Crippen molar-refractivity contribution in [3.05, 3.63) is 53.4 Å². The second kappa shape index (κ2) is 9.11. The summed E-state index contributed by atoms with van der Waals surface area (Å²) < 4.78 is 35.5. The zero-order chi connectivity index (χ0) is 23.8. The fourth-order valence-electron chi connectivity index (χ4n) is 3.96. The van der Waals surface area contributed by atoms with Crippen LogP contribution >= 0.6 is 0 Å². The topological polar surface area (TPSA) is 93.5 Å². The normalized spacial score (nSPS) is 15.1. The molecular formula is C23H30N6O3S. The molecule has 4 rings (SSSR count). The minimum absolute atomic E-state index is 0.294. The maximum absolute atomic E-state index is 13.2. The van der Waals surface area contributed by atoms with Crippen molar-refractivity contribution in [1.82, 2.24) is 23.8 Å². The van der Waals surface area contributed by atoms with Crippen LogP contribution in [0.4, 0.5) is 5.82 Å². The van der Waals surface area contributed by atoms with Crippen molar-refractivity contribution in [3.8, 4) is 11.6 Å². The summed E-state index contributed by atoms with van der Waals surface area (Å²) in [6.45, 7) is 12.0. The molecule has 0 N–H and O–H groups in total. The van der Waals surface area contributed by atoms with Gasteiger partial charge in [0.15, 0.2) is 0 Å². The van der Waals surface area contributed by atoms with E-state index in [1.54, 1.807) is 24.5 Å². The molecule has 2 aromatic heterocycles. The number of sulfonamides is 1. The smallest absolute Gasteiger partial charge is 0.243 e. The summed E-state index contributed by atoms with van der Waals surface area (Å²) in [7, 11) is -3.58. The van der Waals surface area contributed by atoms with E-state index in [-0.39, 0.29) is 0 Å². The highest BCUT2D eigenvalue weighted by Crippen LogP contribution is 2.26. The minimum Gasteiger partial charge on any atom is -0.494 e. The second-order valence-corrected chi connectivity index (χ2v) is 10.1. The monoisotopic (exact) mass is 470 g/mol. The first-order chi connectivity index (χ1) is 15.7. The van der Waals surface area contributed by atoms with Gasteiger partial charge in [-0.2, -0.15) is 4.31 Å². The molecule has 10 heteroatoms. The Morgan fingerprint density at radius 3 is 2.27 bits per heavy atom. The lowest BCUT2D eigenvalue weighted by Gasteiger charge is -2.35. The van der Waals surface area contributed by atoms with Gasteiger partial charge in [-0.1, -0.05) is 0 Å². The molecule has 0 bridgehead atoms. The number of hydrogen-bond donors (Lipinski definition) is 0. The van der Waals surface area contributed by atoms with E-state index in [2.05, 4.69) is 19.9 Å². The van der Waals surface area contributed by atoms with Crippen molar-refractivity contribution in [2.24, 2.45) is 0 Å². The molecule has 33 heavy (non-hydrogen) atoms. The zero-order valence-electron chi connectivity index (χ0n) is 19.7. The van der Waals surface area contributed by atoms with Crippen LogP contribution in [0.25, 0.3) is 5.82 Å². The molecule has 1 fully saturated rings. The molecule has 0 amide bonds. The molecule has 0 aliphatic carbocycles. The summed E-state index contributed by atoms with van der Waals surface area (Å²) in [5, 5.41) is 0. The van der Waals surface area contributed by atoms with Crippen LogP contribution in [0.5, 0.6) is 5.75 Å². The highest BCUT2D eigenvalue weighted by molar-refractivity contribution is 7.89. The van der Waals surface area contributed by atoms with Crippen molar-refractivity contribution in [1.29, 1.82) is 0 Å². The standard InChI is InChI=1S/C23H30N6O3S/c1-6-32-21-8-7-20(13-16(21)2)33(30,31)28-11-9-27(10-12-28)22-14-23(26-19(5)25-22)29-15-24-17(3)18(29)4/h7-8,13-15H,6,9-12H2,1-5H3. The van der Waals surface area contributed by atoms with Gasteiger partial charge in [0.2, 0.25) is 10.0 Å². The summed E-state index contributed by atoms with van der Waals surface area (Å²) in [5.74, 6) is 2.92. The zero-order valence-corrected chi connectivity index (χ0v) is 20.6. The molecule has 0 unspecified atom stereocenters. The molecule has 0 radical (unpaired) electrons. The number of benzene rings is 1. The third-order valence-corrected chi connectivity index (χ3v) is 7.85. The van der Waals surface area contributed by atoms with Crippen LogP contribution in [0.15, 0.2) is 35.5 Å². The van der Waals surface area contributed by atoms with E-state index in [4.69, 9.17) is 4.74 Å². The molecule has 1 aliphatic heterocycles. The van der Waals surface area contributed by atoms with Crippen molar-refractivity contribution in [3.63, 3.8) is 0 Å². The average Bonchev–Trinajstić information content (AvgIpc) is 3.13. The Balaban J connectivity index is 1.51. The molecule has 3 aromatic rings. The Labute approximate surface area is 195 Å². The van der Waals surface area contributed by atoms with Crippen LogP contribution in [-0.4, -0.2) is 65.0 Å². The van der Waals surface area contributed by atoms with Crippen molar-refractivity contribution < 1.29 is 13.2 Å². The van der Waals surface area contributed by atoms with E-state index in [0.717, 1.165) is 28.6 Å². The number of nitrogens with zero attached hydrogens (tertiary/aromatic N) is 6. The van der Waals surface area contributed by atoms with Gasteiger partial charge in [0.1, 0.15) is 29.5 Å². The molecular weight excluding hydrogens is 440 g/mol. The number of rotatable bonds is 6. The molecule has 1 aliphatic rings. The molecule has 176 valence electrons. The largest absolute Gasteiger partial charge is 0.494 e. The van der Waals surface area contributed by atoms with Gasteiger partial charge >= 0.3 is 0 Å². The number of aromatic nitrogens is 4. The highest BCUT2D eigenvalue weighted by atomic mass is 32.2. The third kappa shape index (κ3) is 4.58. The number of aryl methyl sites for hydroxylation is 3. The van der Waals surface area contributed by atoms with Crippen LogP contribution in [0.1, 0.15) is 29.7 Å². The Kier molecular flexibility index (Phi) is 6.40. The summed E-state index contributed by atoms with van der Waals surface area (Å²) in [4.78, 5) is 15.9. The summed E-state index contributed by atoms with van der Waals surface area (Å²) >= 11 is 0. The fraction of sp³-hybridized carbons (Fsp3) is 0.435. The summed E-state index contributed by atoms with van der Waals surface area (Å²) in [6.07, 6.45) is 1.76. The molecule has 0 saturated carbocycles. The number of imidazole rings is 1. The van der Waals surface area contributed by atoms with Crippen LogP contribution in [-0.2, 0) is 10.0 Å². The number of ether oxygens (including phenoxy) is 1. The van der Waals surface area contributed by atoms with Gasteiger partial charge in [-0.25, -0.2) is 23.4 Å². The highest BCUT2D eigenvalue weighted by Gasteiger charge is 2.29. The molecule has 3 heterocycles. The van der Waals surface area contributed by atoms with Gasteiger partial charge in [-0.05, 0) is 58.4 Å². The Morgan fingerprint density at radius 1 is 0.970 bits per heavy atom. The van der Waals surface area contributed by atoms with Gasteiger partial charge < -0.3 is 9.64 Å². The van der Waals surface area contributed by atoms with Gasteiger partial charge in [0.05, 0.1) is 17.2 Å². The predicted octanol–water partition coefficient (Wildman–Crippen LogP) is 2.81. The van der Waals surface area contributed by atoms with Crippen LogP contribution in [0.3, 0.4) is 0 Å². The number of piperazine rings is 1. The average molecular weight is 471 g/mol. The predicted molar refractivity (Wildman–Crippen MR) is 127 cm³/mol. The molecule has 1 aromatic carbocycles. The van der Waals surface area contributed by atoms with Gasteiger partial charge in [0.25, 0.3) is 0 Å². The van der Waals surface area contributed by atoms with Gasteiger partial charge in [0, 0.05) is 37.9 Å². The van der Waals surface area contributed by atoms with E-state index >= 15 is 0 Å². The van der Waals surface area contributed by atoms with Crippen molar-refractivity contribution in [2.45, 2.75) is 39.5 Å². The molecule has 1 saturated heterocycles. The lowest BCUT2D eigenvalue weighted by molar-refractivity contribution is 0.337. The van der Waals surface area contributed by atoms with Gasteiger partial charge in [-0.15, -0.1) is 0 Å². The van der Waals surface area contributed by atoms with Gasteiger partial charge in [-0.3, -0.25) is 4.57 Å². The van der Waals surface area contributed by atoms with E-state index in [0.29, 0.717) is 49.3 Å². The van der Waals surface area contributed by atoms with Crippen LogP contribution in [0.2, 0.25) is 0 Å². The van der Waals surface area contributed by atoms with Crippen molar-refractivity contribution >= 4 is 15.8 Å². The fourth-order valence-corrected chi connectivity index (χ4v) is 5.47. The summed E-state index contributed by atoms with van der Waals surface area (Å²) in [6, 6.07) is 6.96. The lowest BCUT2D eigenvalue weighted by atomic mass is 10.2. The summed E-state index contributed by atoms with van der Waals surface area (Å²) in [5.41, 5.74) is 2.79. The first kappa shape index (κ1) is 23.2. The molecule has 0 spiro atoms. The van der Waals surface area contributed by atoms with E-state index in [1.165, 1.54) is 4.31 Å². The minimum atomic E-state index is -3.58. The van der Waals surface area contributed by atoms with Crippen LogP contribution < -0.4 is 9.64 Å². The van der Waals surface area contributed by atoms with Crippen molar-refractivity contribution in [2.75, 3.05) is 37.7 Å².